The van der Waals surface area contributed by atoms with Crippen LogP contribution in [0, 0.1) is 20.8 Å². The van der Waals surface area contributed by atoms with Gasteiger partial charge in [-0.25, -0.2) is 10.4 Å². The van der Waals surface area contributed by atoms with Crippen LogP contribution in [0.15, 0.2) is 101 Å². The number of hydrazone groups is 1. The van der Waals surface area contributed by atoms with Crippen LogP contribution in [0.2, 0.25) is 0 Å². The molecule has 0 saturated carbocycles. The summed E-state index contributed by atoms with van der Waals surface area (Å²) in [6, 6.07) is 28.3. The second kappa shape index (κ2) is 13.6. The molecule has 0 bridgehead atoms. The molecule has 8 nitrogen and oxygen atoms in total. The first-order valence-corrected chi connectivity index (χ1v) is 14.5. The monoisotopic (exact) mass is 589 g/mol. The summed E-state index contributed by atoms with van der Waals surface area (Å²) in [6.45, 7) is 5.83. The van der Waals surface area contributed by atoms with Gasteiger partial charge in [0.25, 0.3) is 11.8 Å². The predicted molar refractivity (Wildman–Crippen MR) is 174 cm³/mol. The lowest BCUT2D eigenvalue weighted by Crippen LogP contribution is -2.21. The van der Waals surface area contributed by atoms with Gasteiger partial charge in [-0.1, -0.05) is 59.7 Å². The van der Waals surface area contributed by atoms with Gasteiger partial charge in [0.2, 0.25) is 0 Å². The van der Waals surface area contributed by atoms with E-state index in [2.05, 4.69) is 33.1 Å². The molecule has 2 amide bonds. The Hall–Kier alpha value is -5.28. The molecular weight excluding hydrogens is 558 g/mol. The highest BCUT2D eigenvalue weighted by molar-refractivity contribution is 7.14. The van der Waals surface area contributed by atoms with Gasteiger partial charge in [-0.2, -0.15) is 5.10 Å². The molecule has 0 aliphatic carbocycles. The molecule has 0 radical (unpaired) electrons. The van der Waals surface area contributed by atoms with Crippen LogP contribution in [0.4, 0.5) is 16.5 Å². The van der Waals surface area contributed by atoms with Crippen molar-refractivity contribution in [2.45, 2.75) is 20.8 Å². The van der Waals surface area contributed by atoms with Crippen LogP contribution in [0.5, 0.6) is 5.75 Å². The van der Waals surface area contributed by atoms with Crippen LogP contribution in [-0.4, -0.2) is 29.6 Å². The number of carbonyl (C=O) groups excluding carboxylic acids is 2. The quantitative estimate of drug-likeness (QED) is 0.117. The van der Waals surface area contributed by atoms with Gasteiger partial charge in [0.15, 0.2) is 11.7 Å². The van der Waals surface area contributed by atoms with Crippen molar-refractivity contribution in [1.82, 2.24) is 10.4 Å². The number of nitrogens with zero attached hydrogens (tertiary/aromatic N) is 2. The summed E-state index contributed by atoms with van der Waals surface area (Å²) in [7, 11) is 0. The molecule has 0 saturated heterocycles. The number of aromatic nitrogens is 1. The highest BCUT2D eigenvalue weighted by Crippen LogP contribution is 2.27. The van der Waals surface area contributed by atoms with Gasteiger partial charge in [-0.05, 0) is 68.8 Å². The van der Waals surface area contributed by atoms with Crippen molar-refractivity contribution < 1.29 is 14.3 Å². The molecule has 0 aliphatic heterocycles. The Morgan fingerprint density at radius 1 is 0.907 bits per heavy atom. The molecule has 5 rings (SSSR count). The maximum atomic E-state index is 12.7. The van der Waals surface area contributed by atoms with E-state index in [1.165, 1.54) is 23.1 Å². The van der Waals surface area contributed by atoms with Gasteiger partial charge >= 0.3 is 0 Å². The van der Waals surface area contributed by atoms with Crippen molar-refractivity contribution in [1.29, 1.82) is 0 Å². The fraction of sp³-hybridized carbons (Fsp3) is 0.118. The van der Waals surface area contributed by atoms with Crippen molar-refractivity contribution in [2.75, 3.05) is 17.2 Å². The van der Waals surface area contributed by atoms with Crippen LogP contribution in [0.25, 0.3) is 11.3 Å². The van der Waals surface area contributed by atoms with Crippen molar-refractivity contribution in [3.63, 3.8) is 0 Å². The number of nitrogens with one attached hydrogen (secondary N) is 3. The standard InChI is InChI=1S/C34H31N5O3S/c1-22-8-15-28(16-9-22)36-34-38-30(21-43-34)25-11-13-26(14-12-25)33(41)39-35-19-27-6-4-5-7-31(27)42-20-32(40)37-29-17-10-23(2)18-24(29)3/h4-19,21H,20H2,1-3H3,(H,36,38)(H,37,40)(H,39,41)/b35-19+. The molecule has 0 atom stereocenters. The zero-order valence-electron chi connectivity index (χ0n) is 24.0. The van der Waals surface area contributed by atoms with Crippen molar-refractivity contribution in [3.8, 4) is 17.0 Å². The van der Waals surface area contributed by atoms with Crippen molar-refractivity contribution >= 4 is 45.9 Å². The number of amides is 2. The number of hydrogen-bond donors (Lipinski definition) is 3. The third-order valence-corrected chi connectivity index (χ3v) is 7.31. The molecule has 0 fully saturated rings. The lowest BCUT2D eigenvalue weighted by Gasteiger charge is -2.11. The Morgan fingerprint density at radius 3 is 2.42 bits per heavy atom. The molecule has 0 aliphatic rings. The number of para-hydroxylation sites is 1. The summed E-state index contributed by atoms with van der Waals surface area (Å²) in [6.07, 6.45) is 1.49. The SMILES string of the molecule is Cc1ccc(Nc2nc(-c3ccc(C(=O)N/N=C/c4ccccc4OCC(=O)Nc4ccc(C)cc4C)cc3)cs2)cc1. The summed E-state index contributed by atoms with van der Waals surface area (Å²) in [5.74, 6) is -0.152. The minimum atomic E-state index is -0.353. The van der Waals surface area contributed by atoms with Gasteiger partial charge in [0.1, 0.15) is 5.75 Å². The van der Waals surface area contributed by atoms with Gasteiger partial charge < -0.3 is 15.4 Å². The molecule has 5 aromatic rings. The summed E-state index contributed by atoms with van der Waals surface area (Å²) in [5, 5.41) is 13.1. The largest absolute Gasteiger partial charge is 0.483 e. The van der Waals surface area contributed by atoms with Crippen LogP contribution >= 0.6 is 11.3 Å². The molecule has 1 heterocycles. The topological polar surface area (TPSA) is 105 Å². The summed E-state index contributed by atoms with van der Waals surface area (Å²) >= 11 is 1.52. The summed E-state index contributed by atoms with van der Waals surface area (Å²) in [4.78, 5) is 29.8. The fourth-order valence-electron chi connectivity index (χ4n) is 4.24. The molecule has 43 heavy (non-hydrogen) atoms. The van der Waals surface area contributed by atoms with E-state index >= 15 is 0 Å². The molecular formula is C34H31N5O3S. The van der Waals surface area contributed by atoms with Crippen LogP contribution < -0.4 is 20.8 Å². The third kappa shape index (κ3) is 7.93. The first-order chi connectivity index (χ1) is 20.8. The number of carbonyl (C=O) groups is 2. The highest BCUT2D eigenvalue weighted by atomic mass is 32.1. The van der Waals surface area contributed by atoms with E-state index in [-0.39, 0.29) is 18.4 Å². The number of rotatable bonds is 10. The Balaban J connectivity index is 1.14. The first-order valence-electron chi connectivity index (χ1n) is 13.7. The smallest absolute Gasteiger partial charge is 0.271 e. The Labute approximate surface area is 254 Å². The average molecular weight is 590 g/mol. The van der Waals surface area contributed by atoms with E-state index in [1.807, 2.05) is 79.9 Å². The minimum absolute atomic E-state index is 0.167. The lowest BCUT2D eigenvalue weighted by molar-refractivity contribution is -0.118. The second-order valence-electron chi connectivity index (χ2n) is 10.00. The Bertz CT molecular complexity index is 1760. The molecule has 9 heteroatoms. The Kier molecular flexibility index (Phi) is 9.23. The lowest BCUT2D eigenvalue weighted by atomic mass is 10.1. The van der Waals surface area contributed by atoms with Crippen molar-refractivity contribution in [3.05, 3.63) is 124 Å². The zero-order valence-corrected chi connectivity index (χ0v) is 24.9. The first kappa shape index (κ1) is 29.2. The van der Waals surface area contributed by atoms with Crippen LogP contribution in [0.1, 0.15) is 32.6 Å². The van der Waals surface area contributed by atoms with Gasteiger partial charge in [-0.3, -0.25) is 9.59 Å². The number of ether oxygens (including phenoxy) is 1. The highest BCUT2D eigenvalue weighted by Gasteiger charge is 2.10. The van der Waals surface area contributed by atoms with E-state index in [0.717, 1.165) is 38.9 Å². The number of hydrogen-bond acceptors (Lipinski definition) is 7. The zero-order chi connectivity index (χ0) is 30.2. The van der Waals surface area contributed by atoms with E-state index < -0.39 is 0 Å². The number of thiazole rings is 1. The maximum absolute atomic E-state index is 12.7. The number of aryl methyl sites for hydroxylation is 3. The molecule has 1 aromatic heterocycles. The molecule has 3 N–H and O–H groups in total. The molecule has 4 aromatic carbocycles. The third-order valence-electron chi connectivity index (χ3n) is 6.55. The number of benzene rings is 4. The Morgan fingerprint density at radius 2 is 1.65 bits per heavy atom. The van der Waals surface area contributed by atoms with Crippen LogP contribution in [-0.2, 0) is 4.79 Å². The average Bonchev–Trinajstić information content (AvgIpc) is 3.48. The van der Waals surface area contributed by atoms with E-state index in [4.69, 9.17) is 4.74 Å². The molecule has 216 valence electrons. The number of anilines is 3. The van der Waals surface area contributed by atoms with Gasteiger partial charge in [0.05, 0.1) is 11.9 Å². The van der Waals surface area contributed by atoms with E-state index in [1.54, 1.807) is 30.3 Å². The minimum Gasteiger partial charge on any atom is -0.483 e. The maximum Gasteiger partial charge on any atom is 0.271 e. The van der Waals surface area contributed by atoms with Crippen molar-refractivity contribution in [2.24, 2.45) is 5.10 Å². The summed E-state index contributed by atoms with van der Waals surface area (Å²) < 4.78 is 5.75. The summed E-state index contributed by atoms with van der Waals surface area (Å²) in [5.41, 5.74) is 10.4. The van der Waals surface area contributed by atoms with E-state index in [9.17, 15) is 9.59 Å². The molecule has 0 spiro atoms. The fourth-order valence-corrected chi connectivity index (χ4v) is 4.98. The second-order valence-corrected chi connectivity index (χ2v) is 10.9. The molecule has 0 unspecified atom stereocenters. The van der Waals surface area contributed by atoms with Gasteiger partial charge in [-0.15, -0.1) is 11.3 Å². The normalized spacial score (nSPS) is 10.9. The predicted octanol–water partition coefficient (Wildman–Crippen LogP) is 7.26. The van der Waals surface area contributed by atoms with Crippen LogP contribution in [0.3, 0.4) is 0 Å². The van der Waals surface area contributed by atoms with Gasteiger partial charge in [0, 0.05) is 33.4 Å². The van der Waals surface area contributed by atoms with E-state index in [0.29, 0.717) is 16.9 Å².